The second kappa shape index (κ2) is 8.11. The van der Waals surface area contributed by atoms with Gasteiger partial charge in [0.1, 0.15) is 6.61 Å². The van der Waals surface area contributed by atoms with Gasteiger partial charge in [-0.25, -0.2) is 4.79 Å². The third-order valence-corrected chi connectivity index (χ3v) is 3.42. The first-order chi connectivity index (χ1) is 9.75. The lowest BCUT2D eigenvalue weighted by Gasteiger charge is -2.18. The summed E-state index contributed by atoms with van der Waals surface area (Å²) >= 11 is 16.6. The molecule has 1 aromatic carbocycles. The average molecular weight is 353 g/mol. The van der Waals surface area contributed by atoms with Gasteiger partial charge in [0.2, 0.25) is 3.79 Å². The third kappa shape index (κ3) is 6.77. The van der Waals surface area contributed by atoms with Crippen molar-refractivity contribution in [2.75, 3.05) is 6.61 Å². The lowest BCUT2D eigenvalue weighted by Crippen LogP contribution is -2.30. The number of carbonyl (C=O) groups excluding carboxylic acids is 1. The van der Waals surface area contributed by atoms with Crippen molar-refractivity contribution in [3.05, 3.63) is 34.9 Å². The Kier molecular flexibility index (Phi) is 7.11. The molecule has 1 rings (SSSR count). The average Bonchev–Trinajstić information content (AvgIpc) is 2.43. The summed E-state index contributed by atoms with van der Waals surface area (Å²) < 4.78 is 3.27. The maximum Gasteiger partial charge on any atom is 0.407 e. The van der Waals surface area contributed by atoms with Gasteiger partial charge in [-0.2, -0.15) is 0 Å². The van der Waals surface area contributed by atoms with E-state index in [1.807, 2.05) is 6.92 Å². The smallest absolute Gasteiger partial charge is 0.407 e. The van der Waals surface area contributed by atoms with Gasteiger partial charge in [0, 0.05) is 0 Å². The summed E-state index contributed by atoms with van der Waals surface area (Å²) in [5, 5.41) is 2.73. The van der Waals surface area contributed by atoms with Crippen LogP contribution < -0.4 is 5.32 Å². The molecule has 6 heteroatoms. The van der Waals surface area contributed by atoms with Crippen LogP contribution in [0.3, 0.4) is 0 Å². The Morgan fingerprint density at radius 1 is 1.19 bits per heavy atom. The van der Waals surface area contributed by atoms with Gasteiger partial charge in [0.05, 0.1) is 6.04 Å². The van der Waals surface area contributed by atoms with Crippen molar-refractivity contribution in [1.29, 1.82) is 0 Å². The Bertz CT molecular complexity index is 464. The fourth-order valence-corrected chi connectivity index (χ4v) is 2.06. The Morgan fingerprint density at radius 2 is 1.71 bits per heavy atom. The number of benzene rings is 1. The van der Waals surface area contributed by atoms with Gasteiger partial charge in [-0.1, -0.05) is 66.8 Å². The maximum atomic E-state index is 11.7. The molecule has 21 heavy (non-hydrogen) atoms. The Labute approximate surface area is 140 Å². The highest BCUT2D eigenvalue weighted by molar-refractivity contribution is 6.67. The number of aryl methyl sites for hydroxylation is 2. The molecule has 3 nitrogen and oxygen atoms in total. The summed E-state index contributed by atoms with van der Waals surface area (Å²) in [7, 11) is 0. The quantitative estimate of drug-likeness (QED) is 0.760. The molecule has 0 aromatic heterocycles. The summed E-state index contributed by atoms with van der Waals surface area (Å²) in [6.07, 6.45) is 1.30. The van der Waals surface area contributed by atoms with Crippen molar-refractivity contribution in [3.8, 4) is 0 Å². The van der Waals surface area contributed by atoms with Crippen molar-refractivity contribution >= 4 is 40.9 Å². The first-order valence-corrected chi connectivity index (χ1v) is 8.01. The molecule has 0 aliphatic heterocycles. The molecule has 0 spiro atoms. The number of alkyl halides is 3. The van der Waals surface area contributed by atoms with E-state index in [9.17, 15) is 4.79 Å². The minimum atomic E-state index is -1.60. The molecule has 1 atom stereocenters. The predicted octanol–water partition coefficient (Wildman–Crippen LogP) is 4.97. The second-order valence-electron chi connectivity index (χ2n) is 4.85. The van der Waals surface area contributed by atoms with Crippen LogP contribution in [0, 0.1) is 0 Å². The van der Waals surface area contributed by atoms with E-state index in [0.29, 0.717) is 0 Å². The molecule has 0 heterocycles. The van der Waals surface area contributed by atoms with E-state index in [2.05, 4.69) is 37.4 Å². The molecule has 0 aliphatic rings. The van der Waals surface area contributed by atoms with Crippen molar-refractivity contribution < 1.29 is 9.53 Å². The molecule has 0 bridgehead atoms. The molecular weight excluding hydrogens is 333 g/mol. The number of alkyl carbamates (subject to hydrolysis) is 1. The number of ether oxygens (including phenoxy) is 1. The first-order valence-electron chi connectivity index (χ1n) is 6.88. The van der Waals surface area contributed by atoms with Crippen LogP contribution >= 0.6 is 34.8 Å². The van der Waals surface area contributed by atoms with Crippen LogP contribution in [0.5, 0.6) is 0 Å². The van der Waals surface area contributed by atoms with E-state index in [0.717, 1.165) is 18.4 Å². The molecule has 1 unspecified atom stereocenters. The van der Waals surface area contributed by atoms with Crippen molar-refractivity contribution in [1.82, 2.24) is 5.32 Å². The van der Waals surface area contributed by atoms with E-state index in [4.69, 9.17) is 39.5 Å². The molecule has 0 radical (unpaired) electrons. The minimum absolute atomic E-state index is 0.176. The zero-order chi connectivity index (χ0) is 16.0. The fraction of sp³-hybridized carbons (Fsp3) is 0.533. The summed E-state index contributed by atoms with van der Waals surface area (Å²) in [5.41, 5.74) is 3.53. The van der Waals surface area contributed by atoms with E-state index < -0.39 is 9.89 Å². The van der Waals surface area contributed by atoms with Gasteiger partial charge in [-0.15, -0.1) is 0 Å². The lowest BCUT2D eigenvalue weighted by atomic mass is 9.99. The van der Waals surface area contributed by atoms with Crippen LogP contribution in [0.25, 0.3) is 0 Å². The van der Waals surface area contributed by atoms with Gasteiger partial charge < -0.3 is 10.1 Å². The summed E-state index contributed by atoms with van der Waals surface area (Å²) in [6, 6.07) is 6.17. The van der Waals surface area contributed by atoms with E-state index in [1.165, 1.54) is 11.1 Å². The molecule has 0 saturated carbocycles. The minimum Gasteiger partial charge on any atom is -0.445 e. The molecule has 1 N–H and O–H groups in total. The number of carbonyl (C=O) groups is 1. The molecular formula is C15H20Cl3NO2. The largest absolute Gasteiger partial charge is 0.445 e. The highest BCUT2D eigenvalue weighted by atomic mass is 35.6. The van der Waals surface area contributed by atoms with Crippen LogP contribution in [0.4, 0.5) is 4.79 Å². The van der Waals surface area contributed by atoms with Gasteiger partial charge in [-0.05, 0) is 36.5 Å². The maximum absolute atomic E-state index is 11.7. The van der Waals surface area contributed by atoms with Gasteiger partial charge in [0.15, 0.2) is 0 Å². The van der Waals surface area contributed by atoms with Crippen LogP contribution in [-0.4, -0.2) is 16.5 Å². The van der Waals surface area contributed by atoms with Crippen LogP contribution in [0.1, 0.15) is 43.5 Å². The van der Waals surface area contributed by atoms with E-state index >= 15 is 0 Å². The Hall–Kier alpha value is -0.640. The molecule has 1 amide bonds. The van der Waals surface area contributed by atoms with E-state index in [-0.39, 0.29) is 12.6 Å². The summed E-state index contributed by atoms with van der Waals surface area (Å²) in [6.45, 7) is 5.81. The molecule has 118 valence electrons. The zero-order valence-corrected chi connectivity index (χ0v) is 14.6. The summed E-state index contributed by atoms with van der Waals surface area (Å²) in [4.78, 5) is 11.7. The normalized spacial score (nSPS) is 12.9. The number of halogens is 3. The third-order valence-electron chi connectivity index (χ3n) is 3.09. The topological polar surface area (TPSA) is 38.3 Å². The van der Waals surface area contributed by atoms with Crippen molar-refractivity contribution in [3.63, 3.8) is 0 Å². The Balaban J connectivity index is 2.70. The van der Waals surface area contributed by atoms with Gasteiger partial charge >= 0.3 is 6.09 Å². The molecule has 0 fully saturated rings. The SMILES string of the molecule is CCc1cc(CC)cc(C(C)NC(=O)OCC(Cl)(Cl)Cl)c1. The van der Waals surface area contributed by atoms with Crippen molar-refractivity contribution in [2.45, 2.75) is 43.4 Å². The molecule has 0 aliphatic carbocycles. The number of nitrogens with one attached hydrogen (secondary N) is 1. The molecule has 0 saturated heterocycles. The first kappa shape index (κ1) is 18.4. The van der Waals surface area contributed by atoms with Crippen molar-refractivity contribution in [2.24, 2.45) is 0 Å². The van der Waals surface area contributed by atoms with Crippen LogP contribution in [-0.2, 0) is 17.6 Å². The number of rotatable bonds is 5. The monoisotopic (exact) mass is 351 g/mol. The second-order valence-corrected chi connectivity index (χ2v) is 7.36. The fourth-order valence-electron chi connectivity index (χ4n) is 1.90. The highest BCUT2D eigenvalue weighted by Crippen LogP contribution is 2.26. The zero-order valence-electron chi connectivity index (χ0n) is 12.4. The van der Waals surface area contributed by atoms with Gasteiger partial charge in [-0.3, -0.25) is 0 Å². The van der Waals surface area contributed by atoms with E-state index in [1.54, 1.807) is 0 Å². The summed E-state index contributed by atoms with van der Waals surface area (Å²) in [5.74, 6) is 0. The predicted molar refractivity (Wildman–Crippen MR) is 88.4 cm³/mol. The molecule has 1 aromatic rings. The van der Waals surface area contributed by atoms with Crippen LogP contribution in [0.2, 0.25) is 0 Å². The van der Waals surface area contributed by atoms with Crippen LogP contribution in [0.15, 0.2) is 18.2 Å². The Morgan fingerprint density at radius 3 is 2.14 bits per heavy atom. The lowest BCUT2D eigenvalue weighted by molar-refractivity contribution is 0.145. The van der Waals surface area contributed by atoms with Gasteiger partial charge in [0.25, 0.3) is 0 Å². The standard InChI is InChI=1S/C15H20Cl3NO2/c1-4-11-6-12(5-2)8-13(7-11)10(3)19-14(20)21-9-15(16,17)18/h6-8,10H,4-5,9H2,1-3H3,(H,19,20). The number of hydrogen-bond acceptors (Lipinski definition) is 2. The number of amides is 1. The number of hydrogen-bond donors (Lipinski definition) is 1. The highest BCUT2D eigenvalue weighted by Gasteiger charge is 2.22.